The number of carbonyl (C=O) groups is 2. The second-order valence-electron chi connectivity index (χ2n) is 5.64. The second kappa shape index (κ2) is 6.60. The van der Waals surface area contributed by atoms with Crippen molar-refractivity contribution in [2.75, 3.05) is 7.11 Å². The summed E-state index contributed by atoms with van der Waals surface area (Å²) in [6.07, 6.45) is 4.24. The first-order chi connectivity index (χ1) is 11.2. The van der Waals surface area contributed by atoms with Crippen molar-refractivity contribution in [2.45, 2.75) is 18.9 Å². The predicted octanol–water partition coefficient (Wildman–Crippen LogP) is 2.29. The number of aromatic nitrogens is 1. The Morgan fingerprint density at radius 2 is 2.04 bits per heavy atom. The van der Waals surface area contributed by atoms with E-state index in [2.05, 4.69) is 10.3 Å². The van der Waals surface area contributed by atoms with E-state index in [1.807, 2.05) is 24.3 Å². The summed E-state index contributed by atoms with van der Waals surface area (Å²) in [7, 11) is 1.41. The van der Waals surface area contributed by atoms with Gasteiger partial charge in [-0.3, -0.25) is 14.6 Å². The molecule has 1 fully saturated rings. The molecule has 23 heavy (non-hydrogen) atoms. The van der Waals surface area contributed by atoms with Gasteiger partial charge in [-0.25, -0.2) is 0 Å². The topological polar surface area (TPSA) is 68.3 Å². The third-order valence-electron chi connectivity index (χ3n) is 4.07. The lowest BCUT2D eigenvalue weighted by Gasteiger charge is -2.06. The predicted molar refractivity (Wildman–Crippen MR) is 84.7 cm³/mol. The third-order valence-corrected chi connectivity index (χ3v) is 4.07. The molecular formula is C18H18N2O3. The Morgan fingerprint density at radius 1 is 1.26 bits per heavy atom. The normalized spacial score (nSPS) is 19.0. The van der Waals surface area contributed by atoms with Crippen molar-refractivity contribution in [2.24, 2.45) is 5.92 Å². The summed E-state index contributed by atoms with van der Waals surface area (Å²) in [6.45, 7) is 0.446. The Bertz CT molecular complexity index is 698. The number of nitrogens with zero attached hydrogens (tertiary/aromatic N) is 1. The maximum atomic E-state index is 12.1. The molecule has 5 nitrogen and oxygen atoms in total. The molecule has 118 valence electrons. The van der Waals surface area contributed by atoms with Gasteiger partial charge in [-0.1, -0.05) is 18.2 Å². The fraction of sp³-hybridized carbons (Fsp3) is 0.278. The van der Waals surface area contributed by atoms with E-state index < -0.39 is 0 Å². The number of methoxy groups -OCH3 is 1. The average Bonchev–Trinajstić information content (AvgIpc) is 3.41. The van der Waals surface area contributed by atoms with Crippen LogP contribution in [0.15, 0.2) is 48.8 Å². The van der Waals surface area contributed by atoms with Gasteiger partial charge in [0.1, 0.15) is 0 Å². The summed E-state index contributed by atoms with van der Waals surface area (Å²) in [6, 6.07) is 11.2. The number of ether oxygens (including phenoxy) is 1. The van der Waals surface area contributed by atoms with Crippen molar-refractivity contribution in [1.29, 1.82) is 0 Å². The lowest BCUT2D eigenvalue weighted by Crippen LogP contribution is -2.22. The minimum atomic E-state index is -0.159. The molecule has 1 saturated carbocycles. The smallest absolute Gasteiger partial charge is 0.309 e. The van der Waals surface area contributed by atoms with E-state index in [0.29, 0.717) is 12.1 Å². The first-order valence-electron chi connectivity index (χ1n) is 7.54. The lowest BCUT2D eigenvalue weighted by atomic mass is 10.1. The van der Waals surface area contributed by atoms with Gasteiger partial charge >= 0.3 is 5.97 Å². The monoisotopic (exact) mass is 310 g/mol. The van der Waals surface area contributed by atoms with Gasteiger partial charge in [0.05, 0.1) is 13.0 Å². The molecule has 2 aromatic rings. The minimum absolute atomic E-state index is 0.0368. The SMILES string of the molecule is COC(=O)C1CC1c1ccc(C(=O)NCc2cccnc2)cc1. The van der Waals surface area contributed by atoms with Crippen LogP contribution in [0.4, 0.5) is 0 Å². The highest BCUT2D eigenvalue weighted by Gasteiger charge is 2.44. The summed E-state index contributed by atoms with van der Waals surface area (Å²) < 4.78 is 4.75. The summed E-state index contributed by atoms with van der Waals surface area (Å²) in [4.78, 5) is 27.6. The zero-order valence-corrected chi connectivity index (χ0v) is 12.9. The number of benzene rings is 1. The van der Waals surface area contributed by atoms with Crippen LogP contribution in [-0.4, -0.2) is 24.0 Å². The average molecular weight is 310 g/mol. The van der Waals surface area contributed by atoms with E-state index >= 15 is 0 Å². The van der Waals surface area contributed by atoms with Crippen LogP contribution in [0.25, 0.3) is 0 Å². The molecule has 1 aliphatic carbocycles. The van der Waals surface area contributed by atoms with Crippen LogP contribution in [-0.2, 0) is 16.1 Å². The van der Waals surface area contributed by atoms with E-state index in [0.717, 1.165) is 17.5 Å². The standard InChI is InChI=1S/C18H18N2O3/c1-23-18(22)16-9-15(16)13-4-6-14(7-5-13)17(21)20-11-12-3-2-8-19-10-12/h2-8,10,15-16H,9,11H2,1H3,(H,20,21). The summed E-state index contributed by atoms with van der Waals surface area (Å²) in [5.74, 6) is -0.103. The van der Waals surface area contributed by atoms with Crippen LogP contribution in [0, 0.1) is 5.92 Å². The van der Waals surface area contributed by atoms with Gasteiger partial charge in [0.25, 0.3) is 5.91 Å². The zero-order chi connectivity index (χ0) is 16.2. The largest absolute Gasteiger partial charge is 0.469 e. The molecule has 0 aliphatic heterocycles. The van der Waals surface area contributed by atoms with E-state index in [1.165, 1.54) is 7.11 Å². The Labute approximate surface area is 134 Å². The van der Waals surface area contributed by atoms with Gasteiger partial charge in [0, 0.05) is 24.5 Å². The van der Waals surface area contributed by atoms with Crippen LogP contribution in [0.3, 0.4) is 0 Å². The van der Waals surface area contributed by atoms with Crippen LogP contribution in [0.5, 0.6) is 0 Å². The highest BCUT2D eigenvalue weighted by atomic mass is 16.5. The van der Waals surface area contributed by atoms with Crippen LogP contribution in [0.2, 0.25) is 0 Å². The molecule has 5 heteroatoms. The third kappa shape index (κ3) is 3.56. The maximum Gasteiger partial charge on any atom is 0.309 e. The number of esters is 1. The van der Waals surface area contributed by atoms with E-state index in [-0.39, 0.29) is 23.7 Å². The van der Waals surface area contributed by atoms with Crippen LogP contribution < -0.4 is 5.32 Å². The fourth-order valence-electron chi connectivity index (χ4n) is 2.64. The molecule has 2 atom stereocenters. The van der Waals surface area contributed by atoms with Crippen molar-refractivity contribution >= 4 is 11.9 Å². The van der Waals surface area contributed by atoms with E-state index in [1.54, 1.807) is 24.5 Å². The number of carbonyl (C=O) groups excluding carboxylic acids is 2. The molecule has 1 heterocycles. The van der Waals surface area contributed by atoms with Crippen molar-refractivity contribution in [1.82, 2.24) is 10.3 Å². The first-order valence-corrected chi connectivity index (χ1v) is 7.54. The van der Waals surface area contributed by atoms with Crippen molar-refractivity contribution in [3.8, 4) is 0 Å². The molecule has 2 unspecified atom stereocenters. The lowest BCUT2D eigenvalue weighted by molar-refractivity contribution is -0.142. The number of hydrogen-bond acceptors (Lipinski definition) is 4. The van der Waals surface area contributed by atoms with Gasteiger partial charge in [-0.05, 0) is 41.7 Å². The fourth-order valence-corrected chi connectivity index (χ4v) is 2.64. The number of pyridine rings is 1. The van der Waals surface area contributed by atoms with E-state index in [9.17, 15) is 9.59 Å². The maximum absolute atomic E-state index is 12.1. The molecule has 3 rings (SSSR count). The van der Waals surface area contributed by atoms with Crippen LogP contribution in [0.1, 0.15) is 33.8 Å². The van der Waals surface area contributed by atoms with Gasteiger partial charge in [-0.15, -0.1) is 0 Å². The molecule has 0 bridgehead atoms. The Morgan fingerprint density at radius 3 is 2.70 bits per heavy atom. The first kappa shape index (κ1) is 15.2. The molecule has 0 spiro atoms. The Balaban J connectivity index is 1.57. The van der Waals surface area contributed by atoms with Crippen molar-refractivity contribution in [3.63, 3.8) is 0 Å². The zero-order valence-electron chi connectivity index (χ0n) is 12.9. The highest BCUT2D eigenvalue weighted by molar-refractivity contribution is 5.94. The second-order valence-corrected chi connectivity index (χ2v) is 5.64. The number of amides is 1. The van der Waals surface area contributed by atoms with Gasteiger partial charge in [-0.2, -0.15) is 0 Å². The molecule has 0 saturated heterocycles. The van der Waals surface area contributed by atoms with Crippen molar-refractivity contribution in [3.05, 3.63) is 65.5 Å². The molecular weight excluding hydrogens is 292 g/mol. The summed E-state index contributed by atoms with van der Waals surface area (Å²) >= 11 is 0. The molecule has 1 aromatic heterocycles. The van der Waals surface area contributed by atoms with E-state index in [4.69, 9.17) is 4.74 Å². The minimum Gasteiger partial charge on any atom is -0.469 e. The number of hydrogen-bond donors (Lipinski definition) is 1. The molecule has 0 radical (unpaired) electrons. The molecule has 1 amide bonds. The van der Waals surface area contributed by atoms with Gasteiger partial charge in [0.2, 0.25) is 0 Å². The quantitative estimate of drug-likeness (QED) is 0.860. The number of nitrogens with one attached hydrogen (secondary N) is 1. The van der Waals surface area contributed by atoms with Gasteiger partial charge in [0.15, 0.2) is 0 Å². The Kier molecular flexibility index (Phi) is 4.37. The summed E-state index contributed by atoms with van der Waals surface area (Å²) in [5.41, 5.74) is 2.63. The summed E-state index contributed by atoms with van der Waals surface area (Å²) in [5, 5.41) is 2.86. The molecule has 1 N–H and O–H groups in total. The molecule has 1 aromatic carbocycles. The number of rotatable bonds is 5. The van der Waals surface area contributed by atoms with Crippen LogP contribution >= 0.6 is 0 Å². The van der Waals surface area contributed by atoms with Crippen molar-refractivity contribution < 1.29 is 14.3 Å². The Hall–Kier alpha value is -2.69. The molecule has 1 aliphatic rings. The highest BCUT2D eigenvalue weighted by Crippen LogP contribution is 2.48. The van der Waals surface area contributed by atoms with Gasteiger partial charge < -0.3 is 10.1 Å².